The summed E-state index contributed by atoms with van der Waals surface area (Å²) in [6.45, 7) is 4.51. The van der Waals surface area contributed by atoms with Crippen molar-refractivity contribution in [3.05, 3.63) is 100 Å². The van der Waals surface area contributed by atoms with E-state index in [4.69, 9.17) is 21.1 Å². The molecule has 7 heteroatoms. The number of hydrogen-bond donors (Lipinski definition) is 1. The highest BCUT2D eigenvalue weighted by Gasteiger charge is 2.43. The third-order valence-corrected chi connectivity index (χ3v) is 6.49. The van der Waals surface area contributed by atoms with Gasteiger partial charge in [0, 0.05) is 22.2 Å². The molecule has 0 saturated heterocycles. The number of H-pyrrole nitrogens is 1. The number of ether oxygens (including phenoxy) is 2. The summed E-state index contributed by atoms with van der Waals surface area (Å²) in [4.78, 5) is 15.2. The topological polar surface area (TPSA) is 67.5 Å². The van der Waals surface area contributed by atoms with E-state index >= 15 is 0 Å². The molecule has 1 N–H and O–H groups in total. The molecule has 3 aromatic carbocycles. The summed E-state index contributed by atoms with van der Waals surface area (Å²) < 4.78 is 11.3. The Hall–Kier alpha value is -3.77. The van der Waals surface area contributed by atoms with E-state index in [0.717, 1.165) is 39.4 Å². The smallest absolute Gasteiger partial charge is 0.273 e. The first-order valence-electron chi connectivity index (χ1n) is 11.5. The molecule has 0 spiro atoms. The fourth-order valence-electron chi connectivity index (χ4n) is 4.49. The zero-order chi connectivity index (χ0) is 24.5. The molecular formula is C28H26ClN3O3. The molecule has 1 aliphatic heterocycles. The van der Waals surface area contributed by atoms with Crippen LogP contribution in [0.15, 0.2) is 72.8 Å². The zero-order valence-electron chi connectivity index (χ0n) is 19.8. The third-order valence-electron chi connectivity index (χ3n) is 6.24. The van der Waals surface area contributed by atoms with Gasteiger partial charge in [0.15, 0.2) is 0 Å². The molecule has 0 fully saturated rings. The third kappa shape index (κ3) is 4.37. The number of fused-ring (bicyclic) bond motifs is 1. The van der Waals surface area contributed by atoms with E-state index in [1.165, 1.54) is 0 Å². The fourth-order valence-corrected chi connectivity index (χ4v) is 4.61. The first-order chi connectivity index (χ1) is 17.0. The Morgan fingerprint density at radius 2 is 1.63 bits per heavy atom. The molecule has 4 aromatic rings. The quantitative estimate of drug-likeness (QED) is 0.333. The first-order valence-corrected chi connectivity index (χ1v) is 11.9. The summed E-state index contributed by atoms with van der Waals surface area (Å²) in [7, 11) is 1.64. The minimum atomic E-state index is -0.251. The molecule has 1 aliphatic rings. The van der Waals surface area contributed by atoms with Crippen molar-refractivity contribution >= 4 is 17.5 Å². The van der Waals surface area contributed by atoms with Crippen LogP contribution in [0.2, 0.25) is 5.02 Å². The summed E-state index contributed by atoms with van der Waals surface area (Å²) in [6, 6.07) is 23.0. The number of aromatic amines is 1. The summed E-state index contributed by atoms with van der Waals surface area (Å²) in [5.74, 6) is 1.48. The number of halogens is 1. The predicted octanol–water partition coefficient (Wildman–Crippen LogP) is 6.27. The van der Waals surface area contributed by atoms with Crippen LogP contribution in [-0.2, 0) is 6.61 Å². The highest BCUT2D eigenvalue weighted by atomic mass is 35.5. The SMILES string of the molecule is COc1ccc(-c2n[nH]c3c2C(c2ccc(OCc4ccc(Cl)cc4)cc2)N(C(C)C)C3=O)cc1. The maximum Gasteiger partial charge on any atom is 0.273 e. The summed E-state index contributed by atoms with van der Waals surface area (Å²) in [5.41, 5.74) is 5.17. The van der Waals surface area contributed by atoms with Gasteiger partial charge in [0.1, 0.15) is 23.8 Å². The summed E-state index contributed by atoms with van der Waals surface area (Å²) in [6.07, 6.45) is 0. The standard InChI is InChI=1S/C28H26ClN3O3/c1-17(2)32-27(20-8-14-23(15-9-20)35-16-18-4-10-21(29)11-5-18)24-25(30-31-26(24)28(32)33)19-6-12-22(34-3)13-7-19/h4-15,17,27H,16H2,1-3H3,(H,30,31). The van der Waals surface area contributed by atoms with E-state index in [0.29, 0.717) is 17.3 Å². The van der Waals surface area contributed by atoms with E-state index in [-0.39, 0.29) is 18.0 Å². The molecule has 1 amide bonds. The number of nitrogens with zero attached hydrogens (tertiary/aromatic N) is 2. The van der Waals surface area contributed by atoms with E-state index in [2.05, 4.69) is 10.2 Å². The Kier molecular flexibility index (Phi) is 6.22. The van der Waals surface area contributed by atoms with Gasteiger partial charge in [-0.15, -0.1) is 0 Å². The van der Waals surface area contributed by atoms with Crippen LogP contribution in [-0.4, -0.2) is 34.2 Å². The van der Waals surface area contributed by atoms with Crippen molar-refractivity contribution in [1.82, 2.24) is 15.1 Å². The van der Waals surface area contributed by atoms with E-state index in [1.54, 1.807) is 7.11 Å². The van der Waals surface area contributed by atoms with Gasteiger partial charge in [0.05, 0.1) is 18.8 Å². The molecule has 0 radical (unpaired) electrons. The fraction of sp³-hybridized carbons (Fsp3) is 0.214. The number of carbonyl (C=O) groups excluding carboxylic acids is 1. The second-order valence-corrected chi connectivity index (χ2v) is 9.22. The molecule has 2 heterocycles. The molecule has 1 aromatic heterocycles. The molecule has 5 rings (SSSR count). The number of rotatable bonds is 7. The second kappa shape index (κ2) is 9.47. The Balaban J connectivity index is 1.46. The van der Waals surface area contributed by atoms with Crippen LogP contribution in [0.3, 0.4) is 0 Å². The number of benzene rings is 3. The molecule has 0 aliphatic carbocycles. The monoisotopic (exact) mass is 487 g/mol. The first kappa shape index (κ1) is 23.0. The molecule has 178 valence electrons. The Bertz CT molecular complexity index is 1330. The lowest BCUT2D eigenvalue weighted by molar-refractivity contribution is 0.0688. The van der Waals surface area contributed by atoms with Gasteiger partial charge in [-0.1, -0.05) is 35.9 Å². The highest BCUT2D eigenvalue weighted by molar-refractivity contribution is 6.30. The number of methoxy groups -OCH3 is 1. The molecule has 0 saturated carbocycles. The van der Waals surface area contributed by atoms with Crippen LogP contribution in [0.25, 0.3) is 11.3 Å². The number of aromatic nitrogens is 2. The van der Waals surface area contributed by atoms with Crippen molar-refractivity contribution in [2.45, 2.75) is 32.5 Å². The van der Waals surface area contributed by atoms with Gasteiger partial charge in [-0.3, -0.25) is 9.89 Å². The molecule has 1 atom stereocenters. The minimum absolute atomic E-state index is 0.0119. The summed E-state index contributed by atoms with van der Waals surface area (Å²) in [5, 5.41) is 8.22. The van der Waals surface area contributed by atoms with Crippen LogP contribution >= 0.6 is 11.6 Å². The number of carbonyl (C=O) groups is 1. The molecule has 0 bridgehead atoms. The van der Waals surface area contributed by atoms with Crippen molar-refractivity contribution in [2.75, 3.05) is 7.11 Å². The van der Waals surface area contributed by atoms with Crippen molar-refractivity contribution < 1.29 is 14.3 Å². The van der Waals surface area contributed by atoms with Crippen molar-refractivity contribution in [3.63, 3.8) is 0 Å². The minimum Gasteiger partial charge on any atom is -0.497 e. The van der Waals surface area contributed by atoms with E-state index < -0.39 is 0 Å². The predicted molar refractivity (Wildman–Crippen MR) is 136 cm³/mol. The van der Waals surface area contributed by atoms with Gasteiger partial charge in [0.2, 0.25) is 0 Å². The average molecular weight is 488 g/mol. The van der Waals surface area contributed by atoms with Crippen molar-refractivity contribution in [3.8, 4) is 22.8 Å². The maximum absolute atomic E-state index is 13.3. The molecule has 35 heavy (non-hydrogen) atoms. The Labute approximate surface area is 209 Å². The number of hydrogen-bond acceptors (Lipinski definition) is 4. The van der Waals surface area contributed by atoms with Crippen LogP contribution in [0.5, 0.6) is 11.5 Å². The Morgan fingerprint density at radius 1 is 0.971 bits per heavy atom. The Morgan fingerprint density at radius 3 is 2.26 bits per heavy atom. The van der Waals surface area contributed by atoms with Crippen LogP contribution in [0, 0.1) is 0 Å². The highest BCUT2D eigenvalue weighted by Crippen LogP contribution is 2.44. The second-order valence-electron chi connectivity index (χ2n) is 8.78. The van der Waals surface area contributed by atoms with E-state index in [9.17, 15) is 4.79 Å². The molecule has 6 nitrogen and oxygen atoms in total. The number of amides is 1. The van der Waals surface area contributed by atoms with Crippen molar-refractivity contribution in [2.24, 2.45) is 0 Å². The molecular weight excluding hydrogens is 462 g/mol. The normalized spacial score (nSPS) is 14.9. The lowest BCUT2D eigenvalue weighted by atomic mass is 9.95. The van der Waals surface area contributed by atoms with Gasteiger partial charge in [-0.25, -0.2) is 0 Å². The van der Waals surface area contributed by atoms with Crippen molar-refractivity contribution in [1.29, 1.82) is 0 Å². The van der Waals surface area contributed by atoms with Gasteiger partial charge in [0.25, 0.3) is 5.91 Å². The average Bonchev–Trinajstić information content (AvgIpc) is 3.43. The van der Waals surface area contributed by atoms with Gasteiger partial charge in [-0.2, -0.15) is 5.10 Å². The van der Waals surface area contributed by atoms with Crippen LogP contribution in [0.1, 0.15) is 47.1 Å². The summed E-state index contributed by atoms with van der Waals surface area (Å²) >= 11 is 5.96. The zero-order valence-corrected chi connectivity index (χ0v) is 20.5. The van der Waals surface area contributed by atoms with Gasteiger partial charge < -0.3 is 14.4 Å². The van der Waals surface area contributed by atoms with Gasteiger partial charge >= 0.3 is 0 Å². The van der Waals surface area contributed by atoms with Crippen LogP contribution in [0.4, 0.5) is 0 Å². The van der Waals surface area contributed by atoms with Crippen LogP contribution < -0.4 is 9.47 Å². The largest absolute Gasteiger partial charge is 0.497 e. The van der Waals surface area contributed by atoms with E-state index in [1.807, 2.05) is 91.5 Å². The maximum atomic E-state index is 13.3. The number of nitrogens with one attached hydrogen (secondary N) is 1. The van der Waals surface area contributed by atoms with Gasteiger partial charge in [-0.05, 0) is 73.5 Å². The molecule has 1 unspecified atom stereocenters. The lowest BCUT2D eigenvalue weighted by Crippen LogP contribution is -2.35. The lowest BCUT2D eigenvalue weighted by Gasteiger charge is -2.30.